The fourth-order valence-corrected chi connectivity index (χ4v) is 3.49. The normalized spacial score (nSPS) is 4.02. The van der Waals surface area contributed by atoms with Gasteiger partial charge in [-0.15, -0.1) is 0 Å². The van der Waals surface area contributed by atoms with Gasteiger partial charge in [-0.1, -0.05) is 18.4 Å². The summed E-state index contributed by atoms with van der Waals surface area (Å²) < 4.78 is 0. The molecule has 0 saturated heterocycles. The standard InChI is InChI=1S/C115H4.C2H7N/c1-3-5-7-9-11-13-15-17-19-21-23-25-27-29-31-33-35-37-39-41-43-45-47-49-51-53-55-57-59-61-63-65-67-69-71-73-75-77-79-81-83-85-87-89-91-93-95-97-99-101-103-105-107-109-111-113-115-114-112-110-108-106-104-102-100-98-96-94-92-90-88-86-84-82-80-78-76-74-72-70-68-66-64-62-60-58-56-54-52-50-48-46-44-42-40-38-36-34-32-30-28-26-24-22-20-18-16-14-12-10-8-6-4-2;1-2-3/h1-2H2;2-3H2,1H3. The van der Waals surface area contributed by atoms with Gasteiger partial charge in [0.1, 0.15) is 0 Å². The SMILES string of the molecule is C=C=C=C=C=C=C=C=C=C=C=C=C=C=C=C=C=C=C=C=C=C=C=C=C=C=C=C=C=C=C=C=C=C=C=C=C=C=C=C=C=C=C=C=C=C=C=C=C=C=C=C=C=C=C=C=C=C=C=C=C=C=C=C=C=C=C=C=C=C=C=C=C=C=C=C=C=C=C=C=C=C=C=C=C=C=C=C=C=C=C=C=C=C=C=C=C=C=C=C=C=C=C=C=C=C=C=C=C=C=C=C=C=C=C.CCN. The van der Waals surface area contributed by atoms with E-state index in [4.69, 9.17) is 5.73 Å². The second-order valence-corrected chi connectivity index (χ2v) is 14.6. The first-order chi connectivity index (χ1) is 58.8. The Hall–Kier alpha value is -25.2. The van der Waals surface area contributed by atoms with E-state index in [1.807, 2.05) is 6.92 Å². The fraction of sp³-hybridized carbons (Fsp3) is 0.0171. The van der Waals surface area contributed by atoms with Crippen molar-refractivity contribution in [2.45, 2.75) is 6.92 Å². The zero-order valence-corrected chi connectivity index (χ0v) is 60.2. The van der Waals surface area contributed by atoms with Gasteiger partial charge in [-0.25, -0.2) is 0 Å². The molecule has 0 unspecified atom stereocenters. The van der Waals surface area contributed by atoms with E-state index in [0.29, 0.717) is 0 Å². The molecule has 0 atom stereocenters. The van der Waals surface area contributed by atoms with Gasteiger partial charge in [0.15, 0.2) is 0 Å². The highest BCUT2D eigenvalue weighted by Crippen LogP contribution is 1.68. The number of rotatable bonds is 0. The zero-order valence-electron chi connectivity index (χ0n) is 60.2. The van der Waals surface area contributed by atoms with Crippen molar-refractivity contribution in [2.24, 2.45) is 5.73 Å². The highest BCUT2D eigenvalue weighted by Gasteiger charge is 1.52. The van der Waals surface area contributed by atoms with Gasteiger partial charge in [-0.3, -0.25) is 0 Å². The molecule has 0 fully saturated rings. The van der Waals surface area contributed by atoms with Gasteiger partial charge in [0.05, 0.1) is 0 Å². The molecule has 0 radical (unpaired) electrons. The summed E-state index contributed by atoms with van der Waals surface area (Å²) in [5, 5.41) is 0. The van der Waals surface area contributed by atoms with Crippen molar-refractivity contribution >= 4 is 0 Å². The molecule has 0 rings (SSSR count). The molecule has 0 aromatic rings. The lowest BCUT2D eigenvalue weighted by atomic mass is 10.6. The summed E-state index contributed by atoms with van der Waals surface area (Å²) in [7, 11) is 0. The molecule has 0 aliphatic rings. The molecule has 2 N–H and O–H groups in total. The van der Waals surface area contributed by atoms with Crippen molar-refractivity contribution in [3.05, 3.63) is 661 Å². The summed E-state index contributed by atoms with van der Waals surface area (Å²) >= 11 is 0. The molecule has 1 nitrogen and oxygen atoms in total. The first-order valence-electron chi connectivity index (χ1n) is 29.8. The van der Waals surface area contributed by atoms with Crippen LogP contribution in [0, 0.1) is 0 Å². The summed E-state index contributed by atoms with van der Waals surface area (Å²) in [6.45, 7) is 9.29. The Bertz CT molecular complexity index is 8690. The average molecular weight is 1430 g/mol. The van der Waals surface area contributed by atoms with Crippen LogP contribution in [0.25, 0.3) is 0 Å². The highest BCUT2D eigenvalue weighted by molar-refractivity contribution is 5.04. The van der Waals surface area contributed by atoms with Gasteiger partial charge in [0.2, 0.25) is 0 Å². The minimum atomic E-state index is 0.750. The van der Waals surface area contributed by atoms with E-state index < -0.39 is 0 Å². The van der Waals surface area contributed by atoms with E-state index in [2.05, 4.69) is 661 Å². The summed E-state index contributed by atoms with van der Waals surface area (Å²) in [4.78, 5) is 0. The third kappa shape index (κ3) is 97.2. The highest BCUT2D eigenvalue weighted by atomic mass is 14.5. The molecule has 0 aliphatic heterocycles. The van der Waals surface area contributed by atoms with E-state index in [1.165, 1.54) is 0 Å². The molecule has 0 heterocycles. The smallest absolute Gasteiger partial charge is 0 e. The summed E-state index contributed by atoms with van der Waals surface area (Å²) in [5.74, 6) is 0. The van der Waals surface area contributed by atoms with Crippen LogP contribution in [0.3, 0.4) is 0 Å². The fourth-order valence-electron chi connectivity index (χ4n) is 3.49. The quantitative estimate of drug-likeness (QED) is 0.240. The largest absolute Gasteiger partial charge is 0.331 e. The van der Waals surface area contributed by atoms with Crippen LogP contribution in [0.4, 0.5) is 0 Å². The van der Waals surface area contributed by atoms with Crippen LogP contribution < -0.4 is 5.73 Å². The predicted octanol–water partition coefficient (Wildman–Crippen LogP) is 18.3. The number of nitrogens with two attached hydrogens (primary N) is 1. The molecule has 0 bridgehead atoms. The summed E-state index contributed by atoms with van der Waals surface area (Å²) in [6, 6.07) is 0. The average Bonchev–Trinajstić information content (AvgIpc) is 1.46. The number of hydrogen-bond acceptors (Lipinski definition) is 1. The van der Waals surface area contributed by atoms with Crippen molar-refractivity contribution < 1.29 is 0 Å². The maximum Gasteiger partial charge on any atom is 0 e. The third-order valence-corrected chi connectivity index (χ3v) is 7.05. The molecular weight excluding hydrogens is 1420 g/mol. The monoisotopic (exact) mass is 1430 g/mol. The number of hydrogen-bond donors (Lipinski definition) is 1. The Kier molecular flexibility index (Phi) is 77.2. The molecule has 0 spiro atoms. The minimum absolute atomic E-state index is 0.750. The van der Waals surface area contributed by atoms with Crippen molar-refractivity contribution in [2.75, 3.05) is 6.54 Å². The lowest BCUT2D eigenvalue weighted by Gasteiger charge is -1.53. The topological polar surface area (TPSA) is 26.0 Å². The maximum absolute atomic E-state index is 4.85. The van der Waals surface area contributed by atoms with E-state index in [9.17, 15) is 0 Å². The van der Waals surface area contributed by atoms with Gasteiger partial charge in [0, 0.05) is 544 Å². The maximum atomic E-state index is 4.85. The van der Waals surface area contributed by atoms with E-state index in [1.54, 1.807) is 0 Å². The second-order valence-electron chi connectivity index (χ2n) is 14.6. The van der Waals surface area contributed by atoms with Crippen molar-refractivity contribution in [3.8, 4) is 0 Å². The minimum Gasteiger partial charge on any atom is -0.331 e. The Morgan fingerprint density at radius 3 is 0.144 bits per heavy atom. The second kappa shape index (κ2) is 96.0. The molecule has 1 heteroatoms. The van der Waals surface area contributed by atoms with Crippen LogP contribution in [0.5, 0.6) is 0 Å². The van der Waals surface area contributed by atoms with Gasteiger partial charge in [-0.2, -0.15) is 0 Å². The van der Waals surface area contributed by atoms with Crippen molar-refractivity contribution in [3.63, 3.8) is 0 Å². The zero-order chi connectivity index (χ0) is 84.6. The van der Waals surface area contributed by atoms with E-state index >= 15 is 0 Å². The van der Waals surface area contributed by atoms with Crippen molar-refractivity contribution in [1.29, 1.82) is 0 Å². The van der Waals surface area contributed by atoms with Gasteiger partial charge in [0.25, 0.3) is 0 Å². The Balaban J connectivity index is 0. The molecule has 0 aromatic heterocycles. The van der Waals surface area contributed by atoms with Gasteiger partial charge in [-0.05, 0) is 111 Å². The third-order valence-electron chi connectivity index (χ3n) is 7.05. The van der Waals surface area contributed by atoms with Crippen LogP contribution >= 0.6 is 0 Å². The van der Waals surface area contributed by atoms with Crippen LogP contribution in [-0.2, 0) is 0 Å². The molecule has 0 amide bonds. The first kappa shape index (κ1) is 94.9. The molecule has 0 aromatic carbocycles. The Morgan fingerprint density at radius 1 is 0.0932 bits per heavy atom. The van der Waals surface area contributed by atoms with E-state index in [0.717, 1.165) is 6.54 Å². The summed E-state index contributed by atoms with van der Waals surface area (Å²) in [5.41, 5.74) is 287. The molecule has 484 valence electrons. The van der Waals surface area contributed by atoms with Crippen LogP contribution in [0.2, 0.25) is 0 Å². The van der Waals surface area contributed by atoms with Crippen LogP contribution in [0.15, 0.2) is 661 Å². The molecule has 0 aliphatic carbocycles. The molecular formula is C117H11N. The van der Waals surface area contributed by atoms with Crippen LogP contribution in [-0.4, -0.2) is 6.54 Å². The van der Waals surface area contributed by atoms with Gasteiger partial charge >= 0.3 is 0 Å². The lowest BCUT2D eigenvalue weighted by Crippen LogP contribution is -1.87. The first-order valence-corrected chi connectivity index (χ1v) is 29.8. The predicted molar refractivity (Wildman–Crippen MR) is 423 cm³/mol. The Labute approximate surface area is 675 Å². The van der Waals surface area contributed by atoms with Crippen LogP contribution in [0.1, 0.15) is 6.92 Å². The molecule has 0 saturated carbocycles. The van der Waals surface area contributed by atoms with Crippen molar-refractivity contribution in [1.82, 2.24) is 0 Å². The molecule has 118 heavy (non-hydrogen) atoms. The van der Waals surface area contributed by atoms with E-state index in [-0.39, 0.29) is 0 Å². The summed E-state index contributed by atoms with van der Waals surface area (Å²) in [6.07, 6.45) is 0. The van der Waals surface area contributed by atoms with Gasteiger partial charge < -0.3 is 5.73 Å². The lowest BCUT2D eigenvalue weighted by molar-refractivity contribution is 1.14. The Morgan fingerprint density at radius 2 is 0.119 bits per heavy atom.